The topological polar surface area (TPSA) is 55.6 Å². The van der Waals surface area contributed by atoms with E-state index in [2.05, 4.69) is 11.8 Å². The summed E-state index contributed by atoms with van der Waals surface area (Å²) in [5, 5.41) is 0. The van der Waals surface area contributed by atoms with Crippen LogP contribution in [-0.2, 0) is 16.1 Å². The first-order valence-corrected chi connectivity index (χ1v) is 6.03. The van der Waals surface area contributed by atoms with Gasteiger partial charge in [-0.1, -0.05) is 17.9 Å². The standard InChI is InChI=1S/C14H15FN2O2/c15-13-8-11(2-1-5-16)3-4-12(13)9-17-6-7-19-10-14(17)18/h3-4,8H,5-7,9-10,16H2. The van der Waals surface area contributed by atoms with Crippen molar-refractivity contribution < 1.29 is 13.9 Å². The van der Waals surface area contributed by atoms with Gasteiger partial charge >= 0.3 is 0 Å². The van der Waals surface area contributed by atoms with Gasteiger partial charge < -0.3 is 15.4 Å². The molecule has 0 unspecified atom stereocenters. The summed E-state index contributed by atoms with van der Waals surface area (Å²) in [7, 11) is 0. The molecule has 2 rings (SSSR count). The average Bonchev–Trinajstić information content (AvgIpc) is 2.41. The van der Waals surface area contributed by atoms with E-state index in [0.29, 0.717) is 24.3 Å². The van der Waals surface area contributed by atoms with E-state index in [1.807, 2.05) is 0 Å². The number of carbonyl (C=O) groups excluding carboxylic acids is 1. The molecule has 1 aliphatic rings. The molecule has 1 saturated heterocycles. The number of amides is 1. The smallest absolute Gasteiger partial charge is 0.248 e. The zero-order valence-electron chi connectivity index (χ0n) is 10.5. The predicted molar refractivity (Wildman–Crippen MR) is 68.6 cm³/mol. The molecule has 100 valence electrons. The first-order chi connectivity index (χ1) is 9.20. The molecule has 0 spiro atoms. The molecular weight excluding hydrogens is 247 g/mol. The Kier molecular flexibility index (Phi) is 4.50. The van der Waals surface area contributed by atoms with Crippen molar-refractivity contribution in [3.63, 3.8) is 0 Å². The van der Waals surface area contributed by atoms with E-state index >= 15 is 0 Å². The summed E-state index contributed by atoms with van der Waals surface area (Å²) in [4.78, 5) is 13.2. The quantitative estimate of drug-likeness (QED) is 0.789. The lowest BCUT2D eigenvalue weighted by Crippen LogP contribution is -2.41. The van der Waals surface area contributed by atoms with Crippen molar-refractivity contribution in [3.8, 4) is 11.8 Å². The monoisotopic (exact) mass is 262 g/mol. The zero-order valence-corrected chi connectivity index (χ0v) is 10.5. The van der Waals surface area contributed by atoms with Crippen LogP contribution >= 0.6 is 0 Å². The number of benzene rings is 1. The molecule has 1 amide bonds. The van der Waals surface area contributed by atoms with E-state index < -0.39 is 0 Å². The van der Waals surface area contributed by atoms with Crippen LogP contribution in [0, 0.1) is 17.7 Å². The highest BCUT2D eigenvalue weighted by Crippen LogP contribution is 2.14. The largest absolute Gasteiger partial charge is 0.370 e. The molecule has 1 aromatic rings. The molecule has 5 heteroatoms. The van der Waals surface area contributed by atoms with Gasteiger partial charge in [-0.05, 0) is 12.1 Å². The number of morpholine rings is 1. The van der Waals surface area contributed by atoms with E-state index in [1.54, 1.807) is 17.0 Å². The number of carbonyl (C=O) groups is 1. The van der Waals surface area contributed by atoms with E-state index in [0.717, 1.165) is 0 Å². The summed E-state index contributed by atoms with van der Waals surface area (Å²) in [5.41, 5.74) is 6.32. The SMILES string of the molecule is NCC#Cc1ccc(CN2CCOCC2=O)c(F)c1. The van der Waals surface area contributed by atoms with Gasteiger partial charge in [0.1, 0.15) is 12.4 Å². The molecule has 1 fully saturated rings. The van der Waals surface area contributed by atoms with Gasteiger partial charge in [-0.2, -0.15) is 0 Å². The van der Waals surface area contributed by atoms with Crippen LogP contribution in [0.4, 0.5) is 4.39 Å². The summed E-state index contributed by atoms with van der Waals surface area (Å²) in [6.07, 6.45) is 0. The van der Waals surface area contributed by atoms with Crippen molar-refractivity contribution in [2.24, 2.45) is 5.73 Å². The van der Waals surface area contributed by atoms with Crippen LogP contribution in [-0.4, -0.2) is 37.1 Å². The second-order valence-electron chi connectivity index (χ2n) is 4.18. The molecule has 19 heavy (non-hydrogen) atoms. The highest BCUT2D eigenvalue weighted by atomic mass is 19.1. The molecule has 0 atom stereocenters. The van der Waals surface area contributed by atoms with Crippen LogP contribution in [0.3, 0.4) is 0 Å². The van der Waals surface area contributed by atoms with Crippen molar-refractivity contribution in [2.45, 2.75) is 6.54 Å². The van der Waals surface area contributed by atoms with Crippen molar-refractivity contribution >= 4 is 5.91 Å². The Morgan fingerprint density at radius 3 is 3.00 bits per heavy atom. The van der Waals surface area contributed by atoms with Gasteiger partial charge in [0.05, 0.1) is 13.2 Å². The molecule has 1 aromatic carbocycles. The highest BCUT2D eigenvalue weighted by Gasteiger charge is 2.19. The summed E-state index contributed by atoms with van der Waals surface area (Å²) in [6, 6.07) is 4.74. The minimum atomic E-state index is -0.358. The fourth-order valence-corrected chi connectivity index (χ4v) is 1.83. The van der Waals surface area contributed by atoms with E-state index in [-0.39, 0.29) is 31.4 Å². The van der Waals surface area contributed by atoms with E-state index in [1.165, 1.54) is 6.07 Å². The number of hydrogen-bond acceptors (Lipinski definition) is 3. The molecule has 0 radical (unpaired) electrons. The Morgan fingerprint density at radius 2 is 2.32 bits per heavy atom. The lowest BCUT2D eigenvalue weighted by atomic mass is 10.1. The summed E-state index contributed by atoms with van der Waals surface area (Å²) < 4.78 is 18.9. The molecule has 0 saturated carbocycles. The third-order valence-corrected chi connectivity index (χ3v) is 2.83. The van der Waals surface area contributed by atoms with Crippen LogP contribution in [0.25, 0.3) is 0 Å². The van der Waals surface area contributed by atoms with Crippen LogP contribution in [0.15, 0.2) is 18.2 Å². The van der Waals surface area contributed by atoms with Crippen LogP contribution in [0.2, 0.25) is 0 Å². The molecule has 0 aromatic heterocycles. The minimum Gasteiger partial charge on any atom is -0.370 e. The Hall–Kier alpha value is -1.90. The normalized spacial score (nSPS) is 15.1. The molecule has 0 aliphatic carbocycles. The number of ether oxygens (including phenoxy) is 1. The van der Waals surface area contributed by atoms with Gasteiger partial charge in [0, 0.05) is 24.2 Å². The summed E-state index contributed by atoms with van der Waals surface area (Å²) in [6.45, 7) is 1.56. The molecular formula is C14H15FN2O2. The zero-order chi connectivity index (χ0) is 13.7. The third-order valence-electron chi connectivity index (χ3n) is 2.83. The van der Waals surface area contributed by atoms with Crippen molar-refractivity contribution in [3.05, 3.63) is 35.1 Å². The number of halogens is 1. The molecule has 2 N–H and O–H groups in total. The van der Waals surface area contributed by atoms with Gasteiger partial charge in [-0.15, -0.1) is 0 Å². The number of rotatable bonds is 2. The fourth-order valence-electron chi connectivity index (χ4n) is 1.83. The predicted octanol–water partition coefficient (Wildman–Crippen LogP) is 0.495. The van der Waals surface area contributed by atoms with Crippen molar-refractivity contribution in [1.82, 2.24) is 4.90 Å². The van der Waals surface area contributed by atoms with Crippen LogP contribution < -0.4 is 5.73 Å². The number of nitrogens with zero attached hydrogens (tertiary/aromatic N) is 1. The molecule has 1 heterocycles. The Balaban J connectivity index is 2.10. The second kappa shape index (κ2) is 6.32. The Morgan fingerprint density at radius 1 is 1.47 bits per heavy atom. The molecule has 4 nitrogen and oxygen atoms in total. The fraction of sp³-hybridized carbons (Fsp3) is 0.357. The Bertz CT molecular complexity index is 534. The maximum atomic E-state index is 13.9. The van der Waals surface area contributed by atoms with Gasteiger partial charge in [0.2, 0.25) is 5.91 Å². The van der Waals surface area contributed by atoms with E-state index in [4.69, 9.17) is 10.5 Å². The lowest BCUT2D eigenvalue weighted by molar-refractivity contribution is -0.143. The Labute approximate surface area is 111 Å². The van der Waals surface area contributed by atoms with Gasteiger partial charge in [-0.3, -0.25) is 4.79 Å². The summed E-state index contributed by atoms with van der Waals surface area (Å²) >= 11 is 0. The number of nitrogens with two attached hydrogens (primary N) is 1. The minimum absolute atomic E-state index is 0.0711. The average molecular weight is 262 g/mol. The van der Waals surface area contributed by atoms with Crippen molar-refractivity contribution in [1.29, 1.82) is 0 Å². The molecule has 0 bridgehead atoms. The molecule has 1 aliphatic heterocycles. The van der Waals surface area contributed by atoms with Crippen molar-refractivity contribution in [2.75, 3.05) is 26.3 Å². The number of hydrogen-bond donors (Lipinski definition) is 1. The first kappa shape index (κ1) is 13.5. The highest BCUT2D eigenvalue weighted by molar-refractivity contribution is 5.78. The van der Waals surface area contributed by atoms with Crippen LogP contribution in [0.1, 0.15) is 11.1 Å². The maximum Gasteiger partial charge on any atom is 0.248 e. The van der Waals surface area contributed by atoms with Gasteiger partial charge in [0.15, 0.2) is 0 Å². The van der Waals surface area contributed by atoms with Crippen LogP contribution in [0.5, 0.6) is 0 Å². The van der Waals surface area contributed by atoms with E-state index in [9.17, 15) is 9.18 Å². The second-order valence-corrected chi connectivity index (χ2v) is 4.18. The lowest BCUT2D eigenvalue weighted by Gasteiger charge is -2.26. The summed E-state index contributed by atoms with van der Waals surface area (Å²) in [5.74, 6) is 4.97. The van der Waals surface area contributed by atoms with Gasteiger partial charge in [-0.25, -0.2) is 4.39 Å². The first-order valence-electron chi connectivity index (χ1n) is 6.03. The third kappa shape index (κ3) is 3.53. The van der Waals surface area contributed by atoms with Gasteiger partial charge in [0.25, 0.3) is 0 Å². The maximum absolute atomic E-state index is 13.9.